The average molecular weight is 344 g/mol. The second-order valence-electron chi connectivity index (χ2n) is 7.31. The maximum atomic E-state index is 11.9. The van der Waals surface area contributed by atoms with Crippen LogP contribution in [0.1, 0.15) is 51.0 Å². The smallest absolute Gasteiger partial charge is 0.223 e. The molecule has 0 aromatic heterocycles. The van der Waals surface area contributed by atoms with Gasteiger partial charge in [-0.2, -0.15) is 0 Å². The van der Waals surface area contributed by atoms with Crippen LogP contribution in [0.3, 0.4) is 0 Å². The van der Waals surface area contributed by atoms with Crippen LogP contribution in [0.5, 0.6) is 5.75 Å². The molecule has 0 saturated heterocycles. The van der Waals surface area contributed by atoms with Gasteiger partial charge in [-0.15, -0.1) is 0 Å². The van der Waals surface area contributed by atoms with Crippen LogP contribution >= 0.6 is 0 Å². The van der Waals surface area contributed by atoms with E-state index >= 15 is 0 Å². The van der Waals surface area contributed by atoms with Crippen LogP contribution < -0.4 is 15.4 Å². The number of amides is 2. The van der Waals surface area contributed by atoms with Crippen molar-refractivity contribution in [3.8, 4) is 5.75 Å². The molecule has 0 heterocycles. The number of carbonyl (C=O) groups is 2. The zero-order valence-corrected chi connectivity index (χ0v) is 14.9. The summed E-state index contributed by atoms with van der Waals surface area (Å²) < 4.78 is 5.99. The average Bonchev–Trinajstić information content (AvgIpc) is 3.11. The number of ether oxygens (including phenoxy) is 1. The van der Waals surface area contributed by atoms with Crippen LogP contribution in [0.2, 0.25) is 0 Å². The van der Waals surface area contributed by atoms with Crippen molar-refractivity contribution in [2.75, 3.05) is 6.54 Å². The molecule has 3 rings (SSSR count). The molecule has 0 bridgehead atoms. The number of hydrogen-bond acceptors (Lipinski definition) is 3. The highest BCUT2D eigenvalue weighted by atomic mass is 16.5. The van der Waals surface area contributed by atoms with Crippen LogP contribution in [-0.4, -0.2) is 24.5 Å². The van der Waals surface area contributed by atoms with E-state index in [0.717, 1.165) is 30.6 Å². The number of carbonyl (C=O) groups excluding carboxylic acids is 2. The Morgan fingerprint density at radius 3 is 2.68 bits per heavy atom. The van der Waals surface area contributed by atoms with E-state index in [1.165, 1.54) is 12.8 Å². The third-order valence-corrected chi connectivity index (χ3v) is 5.09. The van der Waals surface area contributed by atoms with E-state index in [1.807, 2.05) is 24.3 Å². The molecule has 2 amide bonds. The van der Waals surface area contributed by atoms with E-state index in [9.17, 15) is 9.59 Å². The largest absolute Gasteiger partial charge is 0.490 e. The minimum atomic E-state index is -0.0498. The molecular weight excluding hydrogens is 316 g/mol. The molecule has 2 atom stereocenters. The van der Waals surface area contributed by atoms with Crippen LogP contribution in [0.4, 0.5) is 0 Å². The van der Waals surface area contributed by atoms with Gasteiger partial charge >= 0.3 is 0 Å². The van der Waals surface area contributed by atoms with Gasteiger partial charge in [-0.1, -0.05) is 19.1 Å². The van der Waals surface area contributed by atoms with Gasteiger partial charge in [0.25, 0.3) is 0 Å². The van der Waals surface area contributed by atoms with Crippen molar-refractivity contribution in [1.82, 2.24) is 10.6 Å². The van der Waals surface area contributed by atoms with E-state index < -0.39 is 0 Å². The maximum absolute atomic E-state index is 11.9. The fourth-order valence-corrected chi connectivity index (χ4v) is 3.33. The first-order valence-corrected chi connectivity index (χ1v) is 9.42. The van der Waals surface area contributed by atoms with Gasteiger partial charge in [0, 0.05) is 25.4 Å². The Morgan fingerprint density at radius 2 is 1.96 bits per heavy atom. The second kappa shape index (κ2) is 8.37. The summed E-state index contributed by atoms with van der Waals surface area (Å²) in [6.07, 6.45) is 6.37. The van der Waals surface area contributed by atoms with Crippen molar-refractivity contribution in [1.29, 1.82) is 0 Å². The molecule has 0 spiro atoms. The summed E-state index contributed by atoms with van der Waals surface area (Å²) in [5, 5.41) is 5.74. The lowest BCUT2D eigenvalue weighted by atomic mass is 10.2. The third kappa shape index (κ3) is 5.48. The standard InChI is InChI=1S/C20H28N2O3/c1-14-11-18(14)20(24)21-10-9-19(23)22-13-15-5-4-8-17(12-15)25-16-6-2-3-7-16/h4-5,8,12,14,16,18H,2-3,6-7,9-11,13H2,1H3,(H,21,24)(H,22,23)/t14-,18+/m1/s1. The molecule has 2 fully saturated rings. The quantitative estimate of drug-likeness (QED) is 0.762. The number of rotatable bonds is 8. The molecule has 1 aromatic carbocycles. The molecular formula is C20H28N2O3. The lowest BCUT2D eigenvalue weighted by Gasteiger charge is -2.14. The molecule has 0 unspecified atom stereocenters. The molecule has 136 valence electrons. The van der Waals surface area contributed by atoms with Gasteiger partial charge in [-0.3, -0.25) is 9.59 Å². The van der Waals surface area contributed by atoms with Gasteiger partial charge in [0.1, 0.15) is 5.75 Å². The maximum Gasteiger partial charge on any atom is 0.223 e. The molecule has 1 aromatic rings. The van der Waals surface area contributed by atoms with Crippen LogP contribution in [0, 0.1) is 11.8 Å². The third-order valence-electron chi connectivity index (χ3n) is 5.09. The van der Waals surface area contributed by atoms with Crippen molar-refractivity contribution < 1.29 is 14.3 Å². The highest BCUT2D eigenvalue weighted by molar-refractivity contribution is 5.82. The summed E-state index contributed by atoms with van der Waals surface area (Å²) in [4.78, 5) is 23.6. The fraction of sp³-hybridized carbons (Fsp3) is 0.600. The normalized spacial score (nSPS) is 22.4. The van der Waals surface area contributed by atoms with E-state index in [1.54, 1.807) is 0 Å². The molecule has 2 aliphatic carbocycles. The van der Waals surface area contributed by atoms with Gasteiger partial charge in [0.2, 0.25) is 11.8 Å². The zero-order valence-electron chi connectivity index (χ0n) is 14.9. The van der Waals surface area contributed by atoms with E-state index in [-0.39, 0.29) is 17.7 Å². The van der Waals surface area contributed by atoms with Crippen LogP contribution in [-0.2, 0) is 16.1 Å². The summed E-state index contributed by atoms with van der Waals surface area (Å²) in [5.41, 5.74) is 1.03. The molecule has 2 N–H and O–H groups in total. The molecule has 5 heteroatoms. The Kier molecular flexibility index (Phi) is 5.95. The molecule has 0 aliphatic heterocycles. The molecule has 5 nitrogen and oxygen atoms in total. The Labute approximate surface area is 149 Å². The van der Waals surface area contributed by atoms with E-state index in [2.05, 4.69) is 17.6 Å². The molecule has 2 saturated carbocycles. The van der Waals surface area contributed by atoms with Gasteiger partial charge in [0.15, 0.2) is 0 Å². The molecule has 2 aliphatic rings. The summed E-state index contributed by atoms with van der Waals surface area (Å²) >= 11 is 0. The van der Waals surface area contributed by atoms with Crippen molar-refractivity contribution in [3.63, 3.8) is 0 Å². The van der Waals surface area contributed by atoms with Crippen LogP contribution in [0.15, 0.2) is 24.3 Å². The second-order valence-corrected chi connectivity index (χ2v) is 7.31. The number of hydrogen-bond donors (Lipinski definition) is 2. The van der Waals surface area contributed by atoms with E-state index in [4.69, 9.17) is 4.74 Å². The Balaban J connectivity index is 1.35. The summed E-state index contributed by atoms with van der Waals surface area (Å²) in [6, 6.07) is 7.91. The van der Waals surface area contributed by atoms with Crippen molar-refractivity contribution >= 4 is 11.8 Å². The van der Waals surface area contributed by atoms with Crippen molar-refractivity contribution in [2.24, 2.45) is 11.8 Å². The van der Waals surface area contributed by atoms with Gasteiger partial charge < -0.3 is 15.4 Å². The minimum Gasteiger partial charge on any atom is -0.490 e. The topological polar surface area (TPSA) is 67.4 Å². The van der Waals surface area contributed by atoms with Crippen molar-refractivity contribution in [3.05, 3.63) is 29.8 Å². The van der Waals surface area contributed by atoms with Gasteiger partial charge in [0.05, 0.1) is 6.10 Å². The predicted molar refractivity (Wildman–Crippen MR) is 96.1 cm³/mol. The first kappa shape index (κ1) is 17.8. The van der Waals surface area contributed by atoms with Crippen molar-refractivity contribution in [2.45, 2.75) is 58.1 Å². The first-order valence-electron chi connectivity index (χ1n) is 9.42. The van der Waals surface area contributed by atoms with Gasteiger partial charge in [-0.25, -0.2) is 0 Å². The lowest BCUT2D eigenvalue weighted by molar-refractivity contribution is -0.123. The molecule has 0 radical (unpaired) electrons. The highest BCUT2D eigenvalue weighted by Gasteiger charge is 2.38. The predicted octanol–water partition coefficient (Wildman–Crippen LogP) is 2.79. The monoisotopic (exact) mass is 344 g/mol. The Hall–Kier alpha value is -2.04. The zero-order chi connectivity index (χ0) is 17.6. The Morgan fingerprint density at radius 1 is 1.20 bits per heavy atom. The lowest BCUT2D eigenvalue weighted by Crippen LogP contribution is -2.31. The van der Waals surface area contributed by atoms with E-state index in [0.29, 0.717) is 31.5 Å². The Bertz CT molecular complexity index is 611. The first-order chi connectivity index (χ1) is 12.1. The number of benzene rings is 1. The summed E-state index contributed by atoms with van der Waals surface area (Å²) in [5.74, 6) is 1.56. The number of nitrogens with one attached hydrogen (secondary N) is 2. The summed E-state index contributed by atoms with van der Waals surface area (Å²) in [7, 11) is 0. The molecule has 25 heavy (non-hydrogen) atoms. The van der Waals surface area contributed by atoms with Crippen LogP contribution in [0.25, 0.3) is 0 Å². The SMILES string of the molecule is C[C@@H]1C[C@@H]1C(=O)NCCC(=O)NCc1cccc(OC2CCCC2)c1. The minimum absolute atomic E-state index is 0.0498. The fourth-order valence-electron chi connectivity index (χ4n) is 3.33. The summed E-state index contributed by atoms with van der Waals surface area (Å²) in [6.45, 7) is 2.95. The highest BCUT2D eigenvalue weighted by Crippen LogP contribution is 2.37. The van der Waals surface area contributed by atoms with Gasteiger partial charge in [-0.05, 0) is 55.7 Å².